The molecule has 0 saturated carbocycles. The van der Waals surface area contributed by atoms with Gasteiger partial charge in [-0.25, -0.2) is 5.90 Å². The summed E-state index contributed by atoms with van der Waals surface area (Å²) in [5.74, 6) is 5.82. The van der Waals surface area contributed by atoms with Crippen LogP contribution in [0.3, 0.4) is 0 Å². The molecular weight excluding hydrogens is 134 g/mol. The fourth-order valence-corrected chi connectivity index (χ4v) is 0.874. The third-order valence-electron chi connectivity index (χ3n) is 1.17. The first-order valence-electron chi connectivity index (χ1n) is 3.34. The number of thiol groups is 1. The molecular formula is C6H15NOS. The molecule has 0 aromatic carbocycles. The van der Waals surface area contributed by atoms with E-state index in [4.69, 9.17) is 5.90 Å². The van der Waals surface area contributed by atoms with E-state index in [9.17, 15) is 0 Å². The number of rotatable bonds is 6. The lowest BCUT2D eigenvalue weighted by atomic mass is 10.2. The van der Waals surface area contributed by atoms with Crippen LogP contribution >= 0.6 is 12.6 Å². The summed E-state index contributed by atoms with van der Waals surface area (Å²) >= 11 is 4.09. The maximum atomic E-state index is 4.83. The van der Waals surface area contributed by atoms with Crippen molar-refractivity contribution in [3.05, 3.63) is 0 Å². The standard InChI is InChI=1S/C6H15NOS/c7-8-5-3-1-2-4-6-9/h9H,1-7H2. The second kappa shape index (κ2) is 8.27. The van der Waals surface area contributed by atoms with Crippen LogP contribution in [0.15, 0.2) is 0 Å². The minimum atomic E-state index is 0.687. The molecule has 0 atom stereocenters. The van der Waals surface area contributed by atoms with E-state index in [1.165, 1.54) is 19.3 Å². The van der Waals surface area contributed by atoms with Gasteiger partial charge < -0.3 is 4.84 Å². The molecule has 0 aromatic heterocycles. The minimum absolute atomic E-state index is 0.687. The van der Waals surface area contributed by atoms with Crippen molar-refractivity contribution >= 4 is 12.6 Å². The summed E-state index contributed by atoms with van der Waals surface area (Å²) in [5.41, 5.74) is 0. The van der Waals surface area contributed by atoms with E-state index in [-0.39, 0.29) is 0 Å². The van der Waals surface area contributed by atoms with Crippen LogP contribution in [0.4, 0.5) is 0 Å². The van der Waals surface area contributed by atoms with E-state index in [0.29, 0.717) is 6.61 Å². The third-order valence-corrected chi connectivity index (χ3v) is 1.49. The summed E-state index contributed by atoms with van der Waals surface area (Å²) in [6.07, 6.45) is 4.72. The first-order chi connectivity index (χ1) is 4.41. The monoisotopic (exact) mass is 149 g/mol. The Kier molecular flexibility index (Phi) is 8.52. The topological polar surface area (TPSA) is 35.2 Å². The predicted octanol–water partition coefficient (Wildman–Crippen LogP) is 1.37. The van der Waals surface area contributed by atoms with Crippen molar-refractivity contribution in [2.45, 2.75) is 25.7 Å². The zero-order chi connectivity index (χ0) is 6.95. The van der Waals surface area contributed by atoms with Gasteiger partial charge in [0.15, 0.2) is 0 Å². The highest BCUT2D eigenvalue weighted by Gasteiger charge is 1.86. The number of nitrogens with two attached hydrogens (primary N) is 1. The van der Waals surface area contributed by atoms with Crippen LogP contribution in [-0.2, 0) is 4.84 Å². The van der Waals surface area contributed by atoms with Crippen molar-refractivity contribution in [3.63, 3.8) is 0 Å². The molecule has 0 fully saturated rings. The molecule has 0 unspecified atom stereocenters. The molecule has 0 saturated heterocycles. The SMILES string of the molecule is NOCCCCCCS. The Balaban J connectivity index is 2.60. The lowest BCUT2D eigenvalue weighted by Gasteiger charge is -1.96. The average Bonchev–Trinajstić information content (AvgIpc) is 1.89. The summed E-state index contributed by atoms with van der Waals surface area (Å²) in [5, 5.41) is 0. The molecule has 0 radical (unpaired) electrons. The molecule has 0 bridgehead atoms. The molecule has 56 valence electrons. The Morgan fingerprint density at radius 2 is 1.78 bits per heavy atom. The first kappa shape index (κ1) is 9.27. The van der Waals surface area contributed by atoms with Gasteiger partial charge in [0, 0.05) is 0 Å². The summed E-state index contributed by atoms with van der Waals surface area (Å²) < 4.78 is 0. The van der Waals surface area contributed by atoms with Gasteiger partial charge in [-0.2, -0.15) is 12.6 Å². The lowest BCUT2D eigenvalue weighted by Crippen LogP contribution is -2.00. The van der Waals surface area contributed by atoms with Gasteiger partial charge in [-0.1, -0.05) is 12.8 Å². The normalized spacial score (nSPS) is 10.0. The maximum absolute atomic E-state index is 4.83. The Morgan fingerprint density at radius 3 is 2.33 bits per heavy atom. The fourth-order valence-electron chi connectivity index (χ4n) is 0.651. The lowest BCUT2D eigenvalue weighted by molar-refractivity contribution is 0.133. The van der Waals surface area contributed by atoms with Crippen molar-refractivity contribution in [2.24, 2.45) is 5.90 Å². The van der Waals surface area contributed by atoms with Crippen molar-refractivity contribution in [1.29, 1.82) is 0 Å². The van der Waals surface area contributed by atoms with E-state index >= 15 is 0 Å². The maximum Gasteiger partial charge on any atom is 0.0679 e. The zero-order valence-corrected chi connectivity index (χ0v) is 6.57. The third kappa shape index (κ3) is 8.27. The summed E-state index contributed by atoms with van der Waals surface area (Å²) in [7, 11) is 0. The van der Waals surface area contributed by atoms with Crippen LogP contribution in [0.1, 0.15) is 25.7 Å². The molecule has 2 N–H and O–H groups in total. The first-order valence-corrected chi connectivity index (χ1v) is 3.97. The smallest absolute Gasteiger partial charge is 0.0679 e. The molecule has 3 heteroatoms. The Morgan fingerprint density at radius 1 is 1.11 bits per heavy atom. The van der Waals surface area contributed by atoms with Crippen LogP contribution < -0.4 is 5.90 Å². The van der Waals surface area contributed by atoms with E-state index in [2.05, 4.69) is 17.5 Å². The van der Waals surface area contributed by atoms with Crippen molar-refractivity contribution in [3.8, 4) is 0 Å². The van der Waals surface area contributed by atoms with Crippen LogP contribution in [-0.4, -0.2) is 12.4 Å². The molecule has 0 rings (SSSR count). The van der Waals surface area contributed by atoms with E-state index in [1.807, 2.05) is 0 Å². The molecule has 2 nitrogen and oxygen atoms in total. The highest BCUT2D eigenvalue weighted by Crippen LogP contribution is 1.99. The Hall–Kier alpha value is 0.270. The number of hydrogen-bond donors (Lipinski definition) is 2. The van der Waals surface area contributed by atoms with Gasteiger partial charge in [-0.15, -0.1) is 0 Å². The summed E-state index contributed by atoms with van der Waals surface area (Å²) in [6, 6.07) is 0. The molecule has 9 heavy (non-hydrogen) atoms. The van der Waals surface area contributed by atoms with Crippen LogP contribution in [0, 0.1) is 0 Å². The van der Waals surface area contributed by atoms with Gasteiger partial charge in [0.1, 0.15) is 0 Å². The van der Waals surface area contributed by atoms with Gasteiger partial charge in [0.05, 0.1) is 6.61 Å². The van der Waals surface area contributed by atoms with Gasteiger partial charge in [-0.3, -0.25) is 0 Å². The van der Waals surface area contributed by atoms with Crippen LogP contribution in [0.5, 0.6) is 0 Å². The molecule has 0 aliphatic rings. The highest BCUT2D eigenvalue weighted by atomic mass is 32.1. The van der Waals surface area contributed by atoms with Crippen LogP contribution in [0.2, 0.25) is 0 Å². The summed E-state index contributed by atoms with van der Waals surface area (Å²) in [6.45, 7) is 0.687. The second-order valence-corrected chi connectivity index (χ2v) is 2.46. The van der Waals surface area contributed by atoms with Crippen molar-refractivity contribution < 1.29 is 4.84 Å². The number of hydrogen-bond acceptors (Lipinski definition) is 3. The largest absolute Gasteiger partial charge is 0.305 e. The Labute approximate surface area is 62.1 Å². The van der Waals surface area contributed by atoms with Gasteiger partial charge in [0.25, 0.3) is 0 Å². The van der Waals surface area contributed by atoms with Crippen molar-refractivity contribution in [1.82, 2.24) is 0 Å². The molecule has 0 amide bonds. The number of unbranched alkanes of at least 4 members (excludes halogenated alkanes) is 3. The Bertz CT molecular complexity index is 46.3. The van der Waals surface area contributed by atoms with E-state index in [0.717, 1.165) is 12.2 Å². The average molecular weight is 149 g/mol. The zero-order valence-electron chi connectivity index (χ0n) is 5.68. The van der Waals surface area contributed by atoms with E-state index < -0.39 is 0 Å². The molecule has 0 aliphatic heterocycles. The highest BCUT2D eigenvalue weighted by molar-refractivity contribution is 7.80. The molecule has 0 heterocycles. The second-order valence-electron chi connectivity index (χ2n) is 2.01. The van der Waals surface area contributed by atoms with Gasteiger partial charge >= 0.3 is 0 Å². The van der Waals surface area contributed by atoms with Crippen LogP contribution in [0.25, 0.3) is 0 Å². The predicted molar refractivity (Wildman–Crippen MR) is 42.5 cm³/mol. The molecule has 0 aromatic rings. The van der Waals surface area contributed by atoms with Gasteiger partial charge in [-0.05, 0) is 18.6 Å². The summed E-state index contributed by atoms with van der Waals surface area (Å²) in [4.78, 5) is 4.40. The van der Waals surface area contributed by atoms with Gasteiger partial charge in [0.2, 0.25) is 0 Å². The molecule has 0 aliphatic carbocycles. The minimum Gasteiger partial charge on any atom is -0.305 e. The van der Waals surface area contributed by atoms with Crippen molar-refractivity contribution in [2.75, 3.05) is 12.4 Å². The van der Waals surface area contributed by atoms with E-state index in [1.54, 1.807) is 0 Å². The molecule has 0 spiro atoms. The quantitative estimate of drug-likeness (QED) is 0.340. The fraction of sp³-hybridized carbons (Fsp3) is 1.00.